The summed E-state index contributed by atoms with van der Waals surface area (Å²) >= 11 is -1.90. The van der Waals surface area contributed by atoms with E-state index in [-0.39, 0.29) is 23.6 Å². The molecule has 4 nitrogen and oxygen atoms in total. The Kier molecular flexibility index (Phi) is 5.31. The first-order valence-electron chi connectivity index (χ1n) is 5.44. The molecule has 1 aromatic rings. The summed E-state index contributed by atoms with van der Waals surface area (Å²) in [5.74, 6) is -0.0514. The van der Waals surface area contributed by atoms with E-state index < -0.39 is 11.1 Å². The molecule has 2 unspecified atom stereocenters. The lowest BCUT2D eigenvalue weighted by Gasteiger charge is -2.20. The van der Waals surface area contributed by atoms with Gasteiger partial charge in [-0.15, -0.1) is 0 Å². The van der Waals surface area contributed by atoms with Gasteiger partial charge in [0, 0.05) is 11.6 Å². The third-order valence-corrected chi connectivity index (χ3v) is 3.12. The largest absolute Gasteiger partial charge is 0.348 e. The number of rotatable bonds is 5. The molecule has 2 atom stereocenters. The van der Waals surface area contributed by atoms with E-state index in [1.54, 1.807) is 24.3 Å². The molecule has 0 saturated heterocycles. The standard InChI is InChI=1S/C12H17NO3S/c1-9(2)11(8-17(15)16)13-12(14)10-6-4-3-5-7-10/h3-7,9,11H,8H2,1-2H3,(H,13,14)(H,15,16). The maximum absolute atomic E-state index is 11.8. The number of benzene rings is 1. The maximum atomic E-state index is 11.8. The zero-order valence-electron chi connectivity index (χ0n) is 9.92. The van der Waals surface area contributed by atoms with Crippen molar-refractivity contribution in [1.29, 1.82) is 0 Å². The molecule has 0 bridgehead atoms. The average Bonchev–Trinajstić information content (AvgIpc) is 2.28. The first-order valence-corrected chi connectivity index (χ1v) is 6.71. The Labute approximate surface area is 104 Å². The molecule has 94 valence electrons. The molecule has 1 amide bonds. The highest BCUT2D eigenvalue weighted by molar-refractivity contribution is 7.79. The maximum Gasteiger partial charge on any atom is 0.251 e. The fraction of sp³-hybridized carbons (Fsp3) is 0.417. The molecule has 0 fully saturated rings. The highest BCUT2D eigenvalue weighted by Crippen LogP contribution is 2.05. The Hall–Kier alpha value is -1.20. The molecule has 1 aromatic carbocycles. The molecule has 0 aliphatic rings. The molecule has 5 heteroatoms. The zero-order valence-corrected chi connectivity index (χ0v) is 10.7. The Balaban J connectivity index is 2.68. The summed E-state index contributed by atoms with van der Waals surface area (Å²) < 4.78 is 19.7. The van der Waals surface area contributed by atoms with Crippen LogP contribution in [0.1, 0.15) is 24.2 Å². The summed E-state index contributed by atoms with van der Waals surface area (Å²) in [4.78, 5) is 11.8. The summed E-state index contributed by atoms with van der Waals surface area (Å²) in [5, 5.41) is 2.77. The van der Waals surface area contributed by atoms with Gasteiger partial charge in [-0.1, -0.05) is 32.0 Å². The van der Waals surface area contributed by atoms with Gasteiger partial charge in [-0.2, -0.15) is 0 Å². The zero-order chi connectivity index (χ0) is 12.8. The molecule has 0 heterocycles. The van der Waals surface area contributed by atoms with E-state index in [0.29, 0.717) is 5.56 Å². The van der Waals surface area contributed by atoms with E-state index in [9.17, 15) is 9.00 Å². The van der Waals surface area contributed by atoms with Crippen LogP contribution in [-0.2, 0) is 11.1 Å². The lowest BCUT2D eigenvalue weighted by atomic mass is 10.1. The van der Waals surface area contributed by atoms with Crippen molar-refractivity contribution < 1.29 is 13.6 Å². The van der Waals surface area contributed by atoms with Crippen molar-refractivity contribution >= 4 is 17.0 Å². The Morgan fingerprint density at radius 3 is 2.41 bits per heavy atom. The Morgan fingerprint density at radius 2 is 1.94 bits per heavy atom. The van der Waals surface area contributed by atoms with Crippen molar-refractivity contribution in [2.24, 2.45) is 5.92 Å². The number of hydrogen-bond donors (Lipinski definition) is 2. The topological polar surface area (TPSA) is 66.4 Å². The minimum atomic E-state index is -1.90. The summed E-state index contributed by atoms with van der Waals surface area (Å²) in [5.41, 5.74) is 0.557. The molecule has 0 spiro atoms. The summed E-state index contributed by atoms with van der Waals surface area (Å²) in [6, 6.07) is 8.52. The normalized spacial score (nSPS) is 14.4. The minimum absolute atomic E-state index is 0.0518. The van der Waals surface area contributed by atoms with Gasteiger partial charge in [0.15, 0.2) is 11.1 Å². The van der Waals surface area contributed by atoms with Crippen LogP contribution in [0.3, 0.4) is 0 Å². The van der Waals surface area contributed by atoms with E-state index >= 15 is 0 Å². The highest BCUT2D eigenvalue weighted by Gasteiger charge is 2.18. The SMILES string of the molecule is CC(C)C(CS(=O)O)NC(=O)c1ccccc1. The molecular formula is C12H17NO3S. The first-order chi connectivity index (χ1) is 8.00. The number of nitrogens with one attached hydrogen (secondary N) is 1. The van der Waals surface area contributed by atoms with Crippen LogP contribution in [0.2, 0.25) is 0 Å². The van der Waals surface area contributed by atoms with Crippen LogP contribution in [-0.4, -0.2) is 26.5 Å². The van der Waals surface area contributed by atoms with Crippen LogP contribution in [0.5, 0.6) is 0 Å². The second-order valence-electron chi connectivity index (χ2n) is 4.18. The number of carbonyl (C=O) groups is 1. The van der Waals surface area contributed by atoms with Crippen molar-refractivity contribution in [2.45, 2.75) is 19.9 Å². The monoisotopic (exact) mass is 255 g/mol. The third-order valence-electron chi connectivity index (χ3n) is 2.48. The first kappa shape index (κ1) is 13.9. The van der Waals surface area contributed by atoms with E-state index in [2.05, 4.69) is 5.32 Å². The summed E-state index contributed by atoms with van der Waals surface area (Å²) in [6.07, 6.45) is 0. The van der Waals surface area contributed by atoms with Gasteiger partial charge in [0.25, 0.3) is 5.91 Å². The van der Waals surface area contributed by atoms with Crippen LogP contribution in [0.4, 0.5) is 0 Å². The molecule has 0 aliphatic carbocycles. The van der Waals surface area contributed by atoms with Crippen LogP contribution < -0.4 is 5.32 Å². The van der Waals surface area contributed by atoms with Crippen molar-refractivity contribution in [3.05, 3.63) is 35.9 Å². The number of carbonyl (C=O) groups excluding carboxylic acids is 1. The van der Waals surface area contributed by atoms with Gasteiger partial charge in [-0.3, -0.25) is 4.79 Å². The molecule has 0 radical (unpaired) electrons. The second kappa shape index (κ2) is 6.51. The van der Waals surface area contributed by atoms with E-state index in [0.717, 1.165) is 0 Å². The van der Waals surface area contributed by atoms with Crippen LogP contribution in [0.15, 0.2) is 30.3 Å². The minimum Gasteiger partial charge on any atom is -0.348 e. The van der Waals surface area contributed by atoms with Crippen LogP contribution >= 0.6 is 0 Å². The van der Waals surface area contributed by atoms with Crippen molar-refractivity contribution in [2.75, 3.05) is 5.75 Å². The van der Waals surface area contributed by atoms with Gasteiger partial charge >= 0.3 is 0 Å². The summed E-state index contributed by atoms with van der Waals surface area (Å²) in [6.45, 7) is 3.81. The van der Waals surface area contributed by atoms with Crippen LogP contribution in [0.25, 0.3) is 0 Å². The Bertz CT molecular complexity index is 392. The Morgan fingerprint density at radius 1 is 1.35 bits per heavy atom. The lowest BCUT2D eigenvalue weighted by molar-refractivity contribution is 0.0931. The van der Waals surface area contributed by atoms with Crippen molar-refractivity contribution in [1.82, 2.24) is 5.32 Å². The van der Waals surface area contributed by atoms with E-state index in [4.69, 9.17) is 4.55 Å². The van der Waals surface area contributed by atoms with Gasteiger partial charge in [0.1, 0.15) is 0 Å². The van der Waals surface area contributed by atoms with E-state index in [1.807, 2.05) is 19.9 Å². The fourth-order valence-electron chi connectivity index (χ4n) is 1.40. The van der Waals surface area contributed by atoms with Gasteiger partial charge in [-0.25, -0.2) is 4.21 Å². The van der Waals surface area contributed by atoms with Crippen LogP contribution in [0, 0.1) is 5.92 Å². The third kappa shape index (κ3) is 4.66. The fourth-order valence-corrected chi connectivity index (χ4v) is 2.17. The molecule has 0 aliphatic heterocycles. The predicted octanol–water partition coefficient (Wildman–Crippen LogP) is 1.66. The van der Waals surface area contributed by atoms with Gasteiger partial charge in [0.2, 0.25) is 0 Å². The molecular weight excluding hydrogens is 238 g/mol. The molecule has 0 saturated carbocycles. The number of amides is 1. The van der Waals surface area contributed by atoms with Gasteiger partial charge < -0.3 is 9.87 Å². The van der Waals surface area contributed by atoms with Gasteiger partial charge in [0.05, 0.1) is 5.75 Å². The van der Waals surface area contributed by atoms with Crippen molar-refractivity contribution in [3.63, 3.8) is 0 Å². The predicted molar refractivity (Wildman–Crippen MR) is 68.2 cm³/mol. The van der Waals surface area contributed by atoms with Gasteiger partial charge in [-0.05, 0) is 18.1 Å². The molecule has 17 heavy (non-hydrogen) atoms. The lowest BCUT2D eigenvalue weighted by Crippen LogP contribution is -2.42. The smallest absolute Gasteiger partial charge is 0.251 e. The van der Waals surface area contributed by atoms with E-state index in [1.165, 1.54) is 0 Å². The second-order valence-corrected chi connectivity index (χ2v) is 5.15. The number of hydrogen-bond acceptors (Lipinski definition) is 2. The highest BCUT2D eigenvalue weighted by atomic mass is 32.2. The average molecular weight is 255 g/mol. The van der Waals surface area contributed by atoms with Crippen molar-refractivity contribution in [3.8, 4) is 0 Å². The molecule has 1 rings (SSSR count). The molecule has 0 aromatic heterocycles. The summed E-state index contributed by atoms with van der Waals surface area (Å²) in [7, 11) is 0. The molecule has 2 N–H and O–H groups in total. The quantitative estimate of drug-likeness (QED) is 0.786.